The largest absolute Gasteiger partial charge is 0.326 e. The van der Waals surface area contributed by atoms with E-state index in [1.165, 1.54) is 6.92 Å². The van der Waals surface area contributed by atoms with Crippen molar-refractivity contribution in [2.75, 3.05) is 10.2 Å². The lowest BCUT2D eigenvalue weighted by Gasteiger charge is -2.23. The van der Waals surface area contributed by atoms with Gasteiger partial charge in [-0.3, -0.25) is 9.59 Å². The van der Waals surface area contributed by atoms with Crippen LogP contribution in [0.4, 0.5) is 11.4 Å². The van der Waals surface area contributed by atoms with Gasteiger partial charge in [-0.25, -0.2) is 4.98 Å². The maximum atomic E-state index is 13.5. The number of benzene rings is 2. The molecule has 0 fully saturated rings. The predicted molar refractivity (Wildman–Crippen MR) is 125 cm³/mol. The van der Waals surface area contributed by atoms with Crippen molar-refractivity contribution in [1.82, 2.24) is 9.55 Å². The van der Waals surface area contributed by atoms with Crippen molar-refractivity contribution in [2.24, 2.45) is 0 Å². The second kappa shape index (κ2) is 9.35. The minimum atomic E-state index is -0.228. The molecule has 1 N–H and O–H groups in total. The second-order valence-electron chi connectivity index (χ2n) is 7.29. The summed E-state index contributed by atoms with van der Waals surface area (Å²) in [7, 11) is 0. The van der Waals surface area contributed by atoms with Crippen LogP contribution in [-0.2, 0) is 22.7 Å². The highest BCUT2D eigenvalue weighted by molar-refractivity contribution is 7.07. The van der Waals surface area contributed by atoms with Crippen molar-refractivity contribution < 1.29 is 9.59 Å². The fraction of sp³-hybridized carbons (Fsp3) is 0.125. The first-order valence-corrected chi connectivity index (χ1v) is 10.9. The number of nitrogens with zero attached hydrogens (tertiary/aromatic N) is 5. The van der Waals surface area contributed by atoms with E-state index in [2.05, 4.69) is 16.4 Å². The van der Waals surface area contributed by atoms with Crippen LogP contribution >= 0.6 is 11.3 Å². The van der Waals surface area contributed by atoms with E-state index in [0.717, 1.165) is 5.56 Å². The van der Waals surface area contributed by atoms with Crippen LogP contribution in [0.3, 0.4) is 0 Å². The number of carbonyl (C=O) groups excluding carboxylic acids is 2. The lowest BCUT2D eigenvalue weighted by Crippen LogP contribution is -2.33. The molecule has 0 radical (unpaired) electrons. The Morgan fingerprint density at radius 2 is 1.91 bits per heavy atom. The van der Waals surface area contributed by atoms with Crippen molar-refractivity contribution in [2.45, 2.75) is 20.0 Å². The molecule has 33 heavy (non-hydrogen) atoms. The fourth-order valence-corrected chi connectivity index (χ4v) is 4.14. The van der Waals surface area contributed by atoms with E-state index in [1.807, 2.05) is 22.9 Å². The van der Waals surface area contributed by atoms with Crippen LogP contribution in [0.2, 0.25) is 0 Å². The Hall–Kier alpha value is -4.47. The lowest BCUT2D eigenvalue weighted by molar-refractivity contribution is -0.119. The summed E-state index contributed by atoms with van der Waals surface area (Å²) in [5.41, 5.74) is 3.80. The molecule has 2 heterocycles. The van der Waals surface area contributed by atoms with Crippen molar-refractivity contribution in [3.8, 4) is 12.1 Å². The van der Waals surface area contributed by atoms with Gasteiger partial charge in [0.25, 0.3) is 0 Å². The molecule has 8 nitrogen and oxygen atoms in total. The second-order valence-corrected chi connectivity index (χ2v) is 8.07. The summed E-state index contributed by atoms with van der Waals surface area (Å²) >= 11 is 1.54. The molecule has 4 aromatic rings. The summed E-state index contributed by atoms with van der Waals surface area (Å²) in [6, 6.07) is 18.0. The summed E-state index contributed by atoms with van der Waals surface area (Å²) in [6.45, 7) is 1.69. The summed E-state index contributed by atoms with van der Waals surface area (Å²) < 4.78 is 1.56. The first-order chi connectivity index (χ1) is 16.0. The summed E-state index contributed by atoms with van der Waals surface area (Å²) in [6.07, 6.45) is 0. The van der Waals surface area contributed by atoms with E-state index in [1.54, 1.807) is 63.3 Å². The standard InChI is InChI=1S/C24H18N6O2S/c1-16(31)27-19-3-5-20(6-4-19)29(13-18-8-9-33-15-18)24(32)14-30-22-7-2-17(11-25)10-21(22)28-23(30)12-26/h2-10,15H,13-14H2,1H3,(H,27,31). The molecule has 2 amide bonds. The molecule has 2 aromatic carbocycles. The lowest BCUT2D eigenvalue weighted by atomic mass is 10.2. The highest BCUT2D eigenvalue weighted by atomic mass is 32.1. The van der Waals surface area contributed by atoms with E-state index in [4.69, 9.17) is 5.26 Å². The maximum Gasteiger partial charge on any atom is 0.247 e. The number of aromatic nitrogens is 2. The topological polar surface area (TPSA) is 115 Å². The number of nitrogens with one attached hydrogen (secondary N) is 1. The van der Waals surface area contributed by atoms with Crippen LogP contribution < -0.4 is 10.2 Å². The zero-order chi connectivity index (χ0) is 23.4. The number of hydrogen-bond donors (Lipinski definition) is 1. The van der Waals surface area contributed by atoms with Gasteiger partial charge in [0.2, 0.25) is 17.6 Å². The van der Waals surface area contributed by atoms with Crippen LogP contribution in [0.25, 0.3) is 11.0 Å². The van der Waals surface area contributed by atoms with Crippen LogP contribution in [0.15, 0.2) is 59.3 Å². The van der Waals surface area contributed by atoms with Crippen molar-refractivity contribution in [1.29, 1.82) is 10.5 Å². The third-order valence-electron chi connectivity index (χ3n) is 4.99. The average molecular weight is 455 g/mol. The molecule has 0 saturated heterocycles. The van der Waals surface area contributed by atoms with Crippen molar-refractivity contribution in [3.63, 3.8) is 0 Å². The Morgan fingerprint density at radius 1 is 1.12 bits per heavy atom. The number of fused-ring (bicyclic) bond motifs is 1. The van der Waals surface area contributed by atoms with Gasteiger partial charge in [0.1, 0.15) is 12.6 Å². The van der Waals surface area contributed by atoms with E-state index >= 15 is 0 Å². The number of hydrogen-bond acceptors (Lipinski definition) is 6. The Balaban J connectivity index is 1.68. The van der Waals surface area contributed by atoms with Gasteiger partial charge in [-0.1, -0.05) is 0 Å². The summed E-state index contributed by atoms with van der Waals surface area (Å²) in [4.78, 5) is 30.7. The monoisotopic (exact) mass is 454 g/mol. The quantitative estimate of drug-likeness (QED) is 0.472. The first kappa shape index (κ1) is 21.8. The van der Waals surface area contributed by atoms with Gasteiger partial charge in [-0.05, 0) is 64.9 Å². The molecule has 4 rings (SSSR count). The predicted octanol–water partition coefficient (Wildman–Crippen LogP) is 4.03. The molecule has 0 unspecified atom stereocenters. The molecule has 0 bridgehead atoms. The number of carbonyl (C=O) groups is 2. The van der Waals surface area contributed by atoms with Gasteiger partial charge in [0.15, 0.2) is 0 Å². The van der Waals surface area contributed by atoms with Crippen LogP contribution in [0.5, 0.6) is 0 Å². The number of imidazole rings is 1. The number of rotatable bonds is 6. The molecular weight excluding hydrogens is 436 g/mol. The molecule has 0 aliphatic rings. The molecule has 0 spiro atoms. The number of nitriles is 2. The van der Waals surface area contributed by atoms with Gasteiger partial charge in [0.05, 0.1) is 29.2 Å². The van der Waals surface area contributed by atoms with Gasteiger partial charge in [0, 0.05) is 18.3 Å². The number of thiophene rings is 1. The zero-order valence-electron chi connectivity index (χ0n) is 17.6. The fourth-order valence-electron chi connectivity index (χ4n) is 3.48. The minimum absolute atomic E-state index is 0.0944. The first-order valence-electron chi connectivity index (χ1n) is 9.98. The highest BCUT2D eigenvalue weighted by Gasteiger charge is 2.21. The number of anilines is 2. The van der Waals surface area contributed by atoms with Gasteiger partial charge in [-0.2, -0.15) is 21.9 Å². The van der Waals surface area contributed by atoms with Crippen LogP contribution in [0, 0.1) is 22.7 Å². The molecule has 9 heteroatoms. The van der Waals surface area contributed by atoms with Crippen LogP contribution in [-0.4, -0.2) is 21.4 Å². The van der Waals surface area contributed by atoms with E-state index < -0.39 is 0 Å². The molecule has 162 valence electrons. The average Bonchev–Trinajstić information content (AvgIpc) is 3.45. The smallest absolute Gasteiger partial charge is 0.247 e. The molecule has 0 saturated carbocycles. The third kappa shape index (κ3) is 4.74. The summed E-state index contributed by atoms with van der Waals surface area (Å²) in [5, 5.41) is 25.3. The van der Waals surface area contributed by atoms with Gasteiger partial charge >= 0.3 is 0 Å². The molecule has 0 aliphatic carbocycles. The van der Waals surface area contributed by atoms with Gasteiger partial charge in [-0.15, -0.1) is 0 Å². The Labute approximate surface area is 193 Å². The van der Waals surface area contributed by atoms with Crippen molar-refractivity contribution >= 4 is 45.6 Å². The Kier molecular flexibility index (Phi) is 6.16. The summed E-state index contributed by atoms with van der Waals surface area (Å²) in [5.74, 6) is -0.303. The third-order valence-corrected chi connectivity index (χ3v) is 5.72. The molecular formula is C24H18N6O2S. The minimum Gasteiger partial charge on any atom is -0.326 e. The molecule has 2 aromatic heterocycles. The Morgan fingerprint density at radius 3 is 2.55 bits per heavy atom. The number of amides is 2. The van der Waals surface area contributed by atoms with Gasteiger partial charge < -0.3 is 14.8 Å². The molecule has 0 aliphatic heterocycles. The Bertz CT molecular complexity index is 1410. The van der Waals surface area contributed by atoms with E-state index in [0.29, 0.717) is 34.5 Å². The van der Waals surface area contributed by atoms with E-state index in [-0.39, 0.29) is 24.2 Å². The normalized spacial score (nSPS) is 10.4. The zero-order valence-corrected chi connectivity index (χ0v) is 18.5. The van der Waals surface area contributed by atoms with E-state index in [9.17, 15) is 14.9 Å². The van der Waals surface area contributed by atoms with Crippen molar-refractivity contribution in [3.05, 3.63) is 76.2 Å². The molecule has 0 atom stereocenters. The SMILES string of the molecule is CC(=O)Nc1ccc(N(Cc2ccsc2)C(=O)Cn2c(C#N)nc3cc(C#N)ccc32)cc1. The van der Waals surface area contributed by atoms with Crippen LogP contribution in [0.1, 0.15) is 23.9 Å². The highest BCUT2D eigenvalue weighted by Crippen LogP contribution is 2.23. The maximum absolute atomic E-state index is 13.5.